The maximum Gasteiger partial charge on any atom is 0.193 e. The average molecular weight is 225 g/mol. The van der Waals surface area contributed by atoms with Crippen molar-refractivity contribution in [3.8, 4) is 0 Å². The Morgan fingerprint density at radius 2 is 2.00 bits per heavy atom. The number of hydrogen-bond acceptors (Lipinski definition) is 1. The van der Waals surface area contributed by atoms with E-state index >= 15 is 0 Å². The van der Waals surface area contributed by atoms with Crippen LogP contribution in [0.3, 0.4) is 0 Å². The summed E-state index contributed by atoms with van der Waals surface area (Å²) in [5.41, 5.74) is 0. The van der Waals surface area contributed by atoms with Crippen molar-refractivity contribution in [2.45, 2.75) is 46.5 Å². The second-order valence-electron chi connectivity index (χ2n) is 4.97. The van der Waals surface area contributed by atoms with Gasteiger partial charge in [-0.25, -0.2) is 0 Å². The highest BCUT2D eigenvalue weighted by Gasteiger charge is 2.14. The Kier molecular flexibility index (Phi) is 6.27. The predicted octanol–water partition coefficient (Wildman–Crippen LogP) is 2.48. The van der Waals surface area contributed by atoms with Gasteiger partial charge in [0.25, 0.3) is 0 Å². The minimum atomic E-state index is 0.796. The van der Waals surface area contributed by atoms with Crippen molar-refractivity contribution < 1.29 is 0 Å². The van der Waals surface area contributed by atoms with Gasteiger partial charge in [0.15, 0.2) is 5.96 Å². The highest BCUT2D eigenvalue weighted by molar-refractivity contribution is 5.80. The molecule has 94 valence electrons. The molecule has 0 atom stereocenters. The third-order valence-electron chi connectivity index (χ3n) is 2.94. The van der Waals surface area contributed by atoms with Crippen LogP contribution in [0.25, 0.3) is 0 Å². The van der Waals surface area contributed by atoms with E-state index in [1.807, 2.05) is 0 Å². The Labute approximate surface area is 100 Å². The first-order chi connectivity index (χ1) is 7.74. The van der Waals surface area contributed by atoms with Gasteiger partial charge in [-0.1, -0.05) is 13.8 Å². The Morgan fingerprint density at radius 1 is 1.31 bits per heavy atom. The molecule has 0 amide bonds. The zero-order valence-electron chi connectivity index (χ0n) is 11.1. The van der Waals surface area contributed by atoms with Gasteiger partial charge < -0.3 is 10.2 Å². The summed E-state index contributed by atoms with van der Waals surface area (Å²) in [5.74, 6) is 1.92. The standard InChI is InChI=1S/C13H27N3/c1-4-14-13(16-10-5-6-11-16)15-9-7-8-12(2)3/h12H,4-11H2,1-3H3,(H,14,15). The smallest absolute Gasteiger partial charge is 0.193 e. The van der Waals surface area contributed by atoms with Crippen LogP contribution in [0, 0.1) is 5.92 Å². The molecule has 0 aliphatic carbocycles. The Bertz CT molecular complexity index is 205. The van der Waals surface area contributed by atoms with Gasteiger partial charge >= 0.3 is 0 Å². The Hall–Kier alpha value is -0.730. The van der Waals surface area contributed by atoms with Crippen molar-refractivity contribution in [1.29, 1.82) is 0 Å². The largest absolute Gasteiger partial charge is 0.357 e. The number of hydrogen-bond donors (Lipinski definition) is 1. The van der Waals surface area contributed by atoms with Crippen LogP contribution in [0.15, 0.2) is 4.99 Å². The summed E-state index contributed by atoms with van der Waals surface area (Å²) in [7, 11) is 0. The minimum absolute atomic E-state index is 0.796. The van der Waals surface area contributed by atoms with Gasteiger partial charge in [0.05, 0.1) is 0 Å². The van der Waals surface area contributed by atoms with Gasteiger partial charge in [0, 0.05) is 26.2 Å². The molecule has 0 spiro atoms. The normalized spacial score (nSPS) is 17.2. The van der Waals surface area contributed by atoms with Gasteiger partial charge in [-0.2, -0.15) is 0 Å². The average Bonchev–Trinajstić information content (AvgIpc) is 2.75. The van der Waals surface area contributed by atoms with Gasteiger partial charge in [-0.15, -0.1) is 0 Å². The van der Waals surface area contributed by atoms with E-state index in [0.29, 0.717) is 0 Å². The summed E-state index contributed by atoms with van der Waals surface area (Å²) >= 11 is 0. The first kappa shape index (κ1) is 13.3. The fourth-order valence-corrected chi connectivity index (χ4v) is 2.04. The van der Waals surface area contributed by atoms with Crippen molar-refractivity contribution in [1.82, 2.24) is 10.2 Å². The van der Waals surface area contributed by atoms with Crippen LogP contribution in [-0.4, -0.2) is 37.0 Å². The van der Waals surface area contributed by atoms with Crippen LogP contribution in [0.5, 0.6) is 0 Å². The third kappa shape index (κ3) is 4.86. The highest BCUT2D eigenvalue weighted by atomic mass is 15.3. The van der Waals surface area contributed by atoms with E-state index in [0.717, 1.165) is 25.0 Å². The van der Waals surface area contributed by atoms with E-state index in [9.17, 15) is 0 Å². The summed E-state index contributed by atoms with van der Waals surface area (Å²) in [6.07, 6.45) is 5.12. The second-order valence-corrected chi connectivity index (χ2v) is 4.97. The molecule has 0 aromatic heterocycles. The van der Waals surface area contributed by atoms with Gasteiger partial charge in [-0.05, 0) is 38.5 Å². The molecule has 0 radical (unpaired) electrons. The molecule has 1 aliphatic heterocycles. The van der Waals surface area contributed by atoms with Crippen LogP contribution < -0.4 is 5.32 Å². The molecule has 1 saturated heterocycles. The number of nitrogens with zero attached hydrogens (tertiary/aromatic N) is 2. The van der Waals surface area contributed by atoms with Crippen molar-refractivity contribution in [2.24, 2.45) is 10.9 Å². The SMILES string of the molecule is CCNC(=NCCCC(C)C)N1CCCC1. The molecule has 0 aromatic rings. The molecular formula is C13H27N3. The molecule has 1 aliphatic rings. The molecule has 1 fully saturated rings. The predicted molar refractivity (Wildman–Crippen MR) is 70.9 cm³/mol. The number of likely N-dealkylation sites (tertiary alicyclic amines) is 1. The number of nitrogens with one attached hydrogen (secondary N) is 1. The molecule has 3 nitrogen and oxygen atoms in total. The van der Waals surface area contributed by atoms with E-state index in [-0.39, 0.29) is 0 Å². The molecule has 3 heteroatoms. The molecule has 1 N–H and O–H groups in total. The fraction of sp³-hybridized carbons (Fsp3) is 0.923. The fourth-order valence-electron chi connectivity index (χ4n) is 2.04. The van der Waals surface area contributed by atoms with Crippen molar-refractivity contribution in [2.75, 3.05) is 26.2 Å². The maximum atomic E-state index is 4.70. The minimum Gasteiger partial charge on any atom is -0.357 e. The van der Waals surface area contributed by atoms with Crippen LogP contribution in [0.1, 0.15) is 46.5 Å². The molecular weight excluding hydrogens is 198 g/mol. The maximum absolute atomic E-state index is 4.70. The molecule has 0 aromatic carbocycles. The summed E-state index contributed by atoms with van der Waals surface area (Å²) in [6, 6.07) is 0. The topological polar surface area (TPSA) is 27.6 Å². The van der Waals surface area contributed by atoms with E-state index in [2.05, 4.69) is 31.0 Å². The van der Waals surface area contributed by atoms with Crippen LogP contribution >= 0.6 is 0 Å². The van der Waals surface area contributed by atoms with E-state index < -0.39 is 0 Å². The van der Waals surface area contributed by atoms with E-state index in [1.165, 1.54) is 38.8 Å². The van der Waals surface area contributed by atoms with Crippen LogP contribution in [0.4, 0.5) is 0 Å². The molecule has 0 saturated carbocycles. The molecule has 1 rings (SSSR count). The number of aliphatic imine (C=N–C) groups is 1. The van der Waals surface area contributed by atoms with Crippen LogP contribution in [-0.2, 0) is 0 Å². The number of guanidine groups is 1. The quantitative estimate of drug-likeness (QED) is 0.442. The van der Waals surface area contributed by atoms with Crippen molar-refractivity contribution in [3.63, 3.8) is 0 Å². The summed E-state index contributed by atoms with van der Waals surface area (Å²) < 4.78 is 0. The van der Waals surface area contributed by atoms with Crippen molar-refractivity contribution in [3.05, 3.63) is 0 Å². The summed E-state index contributed by atoms with van der Waals surface area (Å²) in [4.78, 5) is 7.09. The highest BCUT2D eigenvalue weighted by Crippen LogP contribution is 2.08. The van der Waals surface area contributed by atoms with Crippen LogP contribution in [0.2, 0.25) is 0 Å². The van der Waals surface area contributed by atoms with Gasteiger partial charge in [0.2, 0.25) is 0 Å². The van der Waals surface area contributed by atoms with E-state index in [4.69, 9.17) is 4.99 Å². The molecule has 16 heavy (non-hydrogen) atoms. The zero-order chi connectivity index (χ0) is 11.8. The van der Waals surface area contributed by atoms with E-state index in [1.54, 1.807) is 0 Å². The summed E-state index contributed by atoms with van der Waals surface area (Å²) in [5, 5.41) is 3.39. The lowest BCUT2D eigenvalue weighted by atomic mass is 10.1. The summed E-state index contributed by atoms with van der Waals surface area (Å²) in [6.45, 7) is 11.0. The lowest BCUT2D eigenvalue weighted by Crippen LogP contribution is -2.39. The zero-order valence-corrected chi connectivity index (χ0v) is 11.1. The number of rotatable bonds is 5. The molecule has 1 heterocycles. The Balaban J connectivity index is 2.32. The first-order valence-electron chi connectivity index (χ1n) is 6.77. The first-order valence-corrected chi connectivity index (χ1v) is 6.77. The third-order valence-corrected chi connectivity index (χ3v) is 2.94. The van der Waals surface area contributed by atoms with Crippen molar-refractivity contribution >= 4 is 5.96 Å². The second kappa shape index (κ2) is 7.53. The molecule has 0 unspecified atom stereocenters. The van der Waals surface area contributed by atoms with Gasteiger partial charge in [0.1, 0.15) is 0 Å². The molecule has 0 bridgehead atoms. The lowest BCUT2D eigenvalue weighted by Gasteiger charge is -2.20. The lowest BCUT2D eigenvalue weighted by molar-refractivity contribution is 0.490. The van der Waals surface area contributed by atoms with Gasteiger partial charge in [-0.3, -0.25) is 4.99 Å². The Morgan fingerprint density at radius 3 is 2.56 bits per heavy atom. The monoisotopic (exact) mass is 225 g/mol.